The van der Waals surface area contributed by atoms with E-state index in [0.717, 1.165) is 5.56 Å². The molecule has 0 radical (unpaired) electrons. The van der Waals surface area contributed by atoms with Gasteiger partial charge in [0.25, 0.3) is 5.91 Å². The topological polar surface area (TPSA) is 46.3 Å². The monoisotopic (exact) mass is 326 g/mol. The van der Waals surface area contributed by atoms with Gasteiger partial charge in [-0.3, -0.25) is 4.79 Å². The molecule has 2 rings (SSSR count). The molecule has 0 saturated carbocycles. The third-order valence-corrected chi connectivity index (χ3v) is 3.80. The Hall–Kier alpha value is -1.78. The Morgan fingerprint density at radius 3 is 2.43 bits per heavy atom. The van der Waals surface area contributed by atoms with E-state index in [1.54, 1.807) is 19.2 Å². The minimum Gasteiger partial charge on any atom is -0.397 e. The zero-order valence-electron chi connectivity index (χ0n) is 11.2. The van der Waals surface area contributed by atoms with Crippen LogP contribution < -0.4 is 5.73 Å². The molecule has 0 fully saturated rings. The average Bonchev–Trinajstić information content (AvgIpc) is 2.45. The van der Waals surface area contributed by atoms with Crippen molar-refractivity contribution >= 4 is 34.8 Å². The van der Waals surface area contributed by atoms with Crippen LogP contribution in [0.4, 0.5) is 10.1 Å². The summed E-state index contributed by atoms with van der Waals surface area (Å²) in [6.45, 7) is 0.346. The largest absolute Gasteiger partial charge is 0.397 e. The van der Waals surface area contributed by atoms with Crippen molar-refractivity contribution in [1.82, 2.24) is 4.90 Å². The van der Waals surface area contributed by atoms with E-state index in [0.29, 0.717) is 12.1 Å². The molecule has 2 aromatic rings. The lowest BCUT2D eigenvalue weighted by molar-refractivity contribution is 0.0785. The van der Waals surface area contributed by atoms with Crippen LogP contribution in [-0.4, -0.2) is 17.9 Å². The number of nitrogen functional groups attached to an aromatic ring is 1. The zero-order chi connectivity index (χ0) is 15.6. The van der Waals surface area contributed by atoms with Crippen LogP contribution in [0.3, 0.4) is 0 Å². The number of rotatable bonds is 3. The van der Waals surface area contributed by atoms with E-state index in [1.165, 1.54) is 29.2 Å². The number of nitrogens with two attached hydrogens (primary N) is 1. The normalized spacial score (nSPS) is 10.5. The molecule has 0 saturated heterocycles. The van der Waals surface area contributed by atoms with Crippen molar-refractivity contribution < 1.29 is 9.18 Å². The fraction of sp³-hybridized carbons (Fsp3) is 0.133. The molecule has 3 nitrogen and oxygen atoms in total. The molecule has 0 bridgehead atoms. The molecule has 6 heteroatoms. The summed E-state index contributed by atoms with van der Waals surface area (Å²) < 4.78 is 12.9. The number of benzene rings is 2. The van der Waals surface area contributed by atoms with Gasteiger partial charge in [-0.15, -0.1) is 0 Å². The minimum absolute atomic E-state index is 0.231. The van der Waals surface area contributed by atoms with Crippen molar-refractivity contribution in [3.05, 3.63) is 63.4 Å². The Kier molecular flexibility index (Phi) is 4.70. The first-order chi connectivity index (χ1) is 9.88. The number of nitrogens with zero attached hydrogens (tertiary/aromatic N) is 1. The molecule has 0 aliphatic rings. The molecule has 0 aromatic heterocycles. The van der Waals surface area contributed by atoms with E-state index in [-0.39, 0.29) is 27.5 Å². The van der Waals surface area contributed by atoms with Gasteiger partial charge in [0.1, 0.15) is 5.82 Å². The highest BCUT2D eigenvalue weighted by molar-refractivity contribution is 6.43. The van der Waals surface area contributed by atoms with Gasteiger partial charge in [0, 0.05) is 19.2 Å². The SMILES string of the molecule is CN(Cc1ccc(F)cc1)C(=O)c1cc(N)c(Cl)c(Cl)c1. The van der Waals surface area contributed by atoms with Gasteiger partial charge >= 0.3 is 0 Å². The number of carbonyl (C=O) groups excluding carboxylic acids is 1. The molecule has 1 amide bonds. The molecular formula is C15H13Cl2FN2O. The third kappa shape index (κ3) is 3.65. The third-order valence-electron chi connectivity index (χ3n) is 2.98. The molecule has 0 aliphatic carbocycles. The maximum absolute atomic E-state index is 12.9. The fourth-order valence-corrected chi connectivity index (χ4v) is 2.23. The molecule has 0 heterocycles. The van der Waals surface area contributed by atoms with Gasteiger partial charge in [0.2, 0.25) is 0 Å². The molecule has 0 aliphatic heterocycles. The summed E-state index contributed by atoms with van der Waals surface area (Å²) in [5.74, 6) is -0.561. The molecule has 0 atom stereocenters. The molecule has 2 N–H and O–H groups in total. The summed E-state index contributed by atoms with van der Waals surface area (Å²) in [6.07, 6.45) is 0. The summed E-state index contributed by atoms with van der Waals surface area (Å²) in [5, 5.41) is 0.463. The molecule has 2 aromatic carbocycles. The van der Waals surface area contributed by atoms with Gasteiger partial charge in [-0.05, 0) is 29.8 Å². The van der Waals surface area contributed by atoms with Crippen molar-refractivity contribution in [3.63, 3.8) is 0 Å². The lowest BCUT2D eigenvalue weighted by Crippen LogP contribution is -2.26. The van der Waals surface area contributed by atoms with Crippen LogP contribution in [0.25, 0.3) is 0 Å². The van der Waals surface area contributed by atoms with Gasteiger partial charge in [-0.25, -0.2) is 4.39 Å². The average molecular weight is 327 g/mol. The van der Waals surface area contributed by atoms with E-state index < -0.39 is 0 Å². The van der Waals surface area contributed by atoms with Crippen molar-refractivity contribution in [2.75, 3.05) is 12.8 Å². The van der Waals surface area contributed by atoms with Crippen LogP contribution in [0.2, 0.25) is 10.0 Å². The first-order valence-corrected chi connectivity index (χ1v) is 6.88. The van der Waals surface area contributed by atoms with E-state index in [9.17, 15) is 9.18 Å². The van der Waals surface area contributed by atoms with Crippen LogP contribution in [0.1, 0.15) is 15.9 Å². The van der Waals surface area contributed by atoms with E-state index in [4.69, 9.17) is 28.9 Å². The van der Waals surface area contributed by atoms with Gasteiger partial charge in [0.05, 0.1) is 15.7 Å². The summed E-state index contributed by atoms with van der Waals surface area (Å²) in [6, 6.07) is 8.92. The first kappa shape index (κ1) is 15.6. The van der Waals surface area contributed by atoms with Crippen molar-refractivity contribution in [1.29, 1.82) is 0 Å². The summed E-state index contributed by atoms with van der Waals surface area (Å²) in [4.78, 5) is 13.8. The Balaban J connectivity index is 2.17. The minimum atomic E-state index is -0.315. The maximum Gasteiger partial charge on any atom is 0.254 e. The second-order valence-electron chi connectivity index (χ2n) is 4.65. The quantitative estimate of drug-likeness (QED) is 0.867. The lowest BCUT2D eigenvalue weighted by Gasteiger charge is -2.18. The van der Waals surface area contributed by atoms with Gasteiger partial charge in [0.15, 0.2) is 0 Å². The van der Waals surface area contributed by atoms with Crippen LogP contribution in [0.15, 0.2) is 36.4 Å². The predicted molar refractivity (Wildman–Crippen MR) is 83.1 cm³/mol. The molecule has 110 valence electrons. The van der Waals surface area contributed by atoms with E-state index >= 15 is 0 Å². The van der Waals surface area contributed by atoms with Crippen LogP contribution in [-0.2, 0) is 6.54 Å². The molecule has 21 heavy (non-hydrogen) atoms. The van der Waals surface area contributed by atoms with E-state index in [2.05, 4.69) is 0 Å². The zero-order valence-corrected chi connectivity index (χ0v) is 12.7. The highest BCUT2D eigenvalue weighted by Crippen LogP contribution is 2.29. The van der Waals surface area contributed by atoms with Crippen LogP contribution in [0, 0.1) is 5.82 Å². The van der Waals surface area contributed by atoms with Crippen molar-refractivity contribution in [3.8, 4) is 0 Å². The summed E-state index contributed by atoms with van der Waals surface area (Å²) in [5.41, 5.74) is 7.13. The standard InChI is InChI=1S/C15H13Cl2FN2O/c1-20(8-9-2-4-11(18)5-3-9)15(21)10-6-12(16)14(17)13(19)7-10/h2-7H,8,19H2,1H3. The fourth-order valence-electron chi connectivity index (χ4n) is 1.89. The smallest absolute Gasteiger partial charge is 0.254 e. The van der Waals surface area contributed by atoms with Gasteiger partial charge in [-0.2, -0.15) is 0 Å². The Labute approximate surface area is 132 Å². The Morgan fingerprint density at radius 1 is 1.24 bits per heavy atom. The number of halogens is 3. The van der Waals surface area contributed by atoms with Gasteiger partial charge in [-0.1, -0.05) is 35.3 Å². The van der Waals surface area contributed by atoms with Crippen molar-refractivity contribution in [2.24, 2.45) is 0 Å². The first-order valence-electron chi connectivity index (χ1n) is 6.13. The van der Waals surface area contributed by atoms with Crippen LogP contribution in [0.5, 0.6) is 0 Å². The van der Waals surface area contributed by atoms with E-state index in [1.807, 2.05) is 0 Å². The number of anilines is 1. The number of hydrogen-bond acceptors (Lipinski definition) is 2. The maximum atomic E-state index is 12.9. The Morgan fingerprint density at radius 2 is 1.86 bits per heavy atom. The Bertz CT molecular complexity index is 651. The van der Waals surface area contributed by atoms with Crippen molar-refractivity contribution in [2.45, 2.75) is 6.54 Å². The lowest BCUT2D eigenvalue weighted by atomic mass is 10.1. The predicted octanol–water partition coefficient (Wildman–Crippen LogP) is 3.99. The number of amides is 1. The van der Waals surface area contributed by atoms with Gasteiger partial charge < -0.3 is 10.6 Å². The highest BCUT2D eigenvalue weighted by Gasteiger charge is 2.15. The second kappa shape index (κ2) is 6.33. The number of carbonyl (C=O) groups is 1. The highest BCUT2D eigenvalue weighted by atomic mass is 35.5. The summed E-state index contributed by atoms with van der Waals surface area (Å²) in [7, 11) is 1.64. The molecule has 0 spiro atoms. The summed E-state index contributed by atoms with van der Waals surface area (Å²) >= 11 is 11.8. The van der Waals surface area contributed by atoms with Crippen LogP contribution >= 0.6 is 23.2 Å². The molecular weight excluding hydrogens is 314 g/mol. The molecule has 0 unspecified atom stereocenters. The second-order valence-corrected chi connectivity index (χ2v) is 5.43. The number of hydrogen-bond donors (Lipinski definition) is 1.